The fourth-order valence-corrected chi connectivity index (χ4v) is 4.68. The molecular formula is C22H27ClN10O4S. The third kappa shape index (κ3) is 6.35. The number of anilines is 3. The van der Waals surface area contributed by atoms with Crippen molar-refractivity contribution in [1.82, 2.24) is 25.5 Å². The van der Waals surface area contributed by atoms with E-state index in [1.165, 1.54) is 0 Å². The molecule has 1 fully saturated rings. The third-order valence-corrected chi connectivity index (χ3v) is 7.30. The summed E-state index contributed by atoms with van der Waals surface area (Å²) in [5, 5.41) is 13.8. The molecule has 202 valence electrons. The minimum Gasteiger partial charge on any atom is -0.382 e. The molecule has 2 aromatic rings. The standard InChI is InChI=1S/C22H27ClN10O4S/c23-17-19(25)30-18(24)16(29-17)20(36)31-21-27-11-22(32-21)7-9-33(10-8-22)15(35)6-5-14(34)28-12-1-3-13(4-2-12)38(26)37/h1-4H,5-11,26H2,(H,28,34)(H4,24,25,30)(H2,27,31,32,36). The third-order valence-electron chi connectivity index (χ3n) is 6.28. The van der Waals surface area contributed by atoms with Crippen LogP contribution in [0.1, 0.15) is 36.2 Å². The Labute approximate surface area is 225 Å². The van der Waals surface area contributed by atoms with E-state index in [1.54, 1.807) is 29.2 Å². The maximum Gasteiger partial charge on any atom is 0.280 e. The Bertz CT molecular complexity index is 1310. The number of carbonyl (C=O) groups is 3. The van der Waals surface area contributed by atoms with Gasteiger partial charge >= 0.3 is 0 Å². The normalized spacial score (nSPS) is 16.9. The van der Waals surface area contributed by atoms with Gasteiger partial charge in [0, 0.05) is 31.6 Å². The lowest BCUT2D eigenvalue weighted by atomic mass is 9.88. The van der Waals surface area contributed by atoms with Crippen molar-refractivity contribution in [2.45, 2.75) is 36.1 Å². The number of halogens is 1. The number of amides is 3. The van der Waals surface area contributed by atoms with E-state index in [2.05, 4.69) is 30.9 Å². The van der Waals surface area contributed by atoms with E-state index >= 15 is 0 Å². The van der Waals surface area contributed by atoms with E-state index < -0.39 is 22.4 Å². The lowest BCUT2D eigenvalue weighted by Gasteiger charge is -2.39. The average molecular weight is 563 g/mol. The molecule has 14 nitrogen and oxygen atoms in total. The van der Waals surface area contributed by atoms with Crippen LogP contribution in [0.5, 0.6) is 0 Å². The van der Waals surface area contributed by atoms with E-state index in [-0.39, 0.29) is 53.1 Å². The van der Waals surface area contributed by atoms with Gasteiger partial charge in [0.15, 0.2) is 28.4 Å². The predicted octanol–water partition coefficient (Wildman–Crippen LogP) is -0.255. The SMILES string of the molecule is Nc1nc(N)c(C(=O)NC2=NCC3(CCN(C(=O)CCC(=O)Nc4ccc(S(N)=O)cc4)CC3)N2)nc1Cl. The highest BCUT2D eigenvalue weighted by molar-refractivity contribution is 7.82. The van der Waals surface area contributed by atoms with Crippen molar-refractivity contribution >= 4 is 63.6 Å². The monoisotopic (exact) mass is 562 g/mol. The van der Waals surface area contributed by atoms with Crippen molar-refractivity contribution in [3.05, 3.63) is 35.1 Å². The molecular weight excluding hydrogens is 536 g/mol. The van der Waals surface area contributed by atoms with Gasteiger partial charge in [0.1, 0.15) is 11.0 Å². The molecule has 0 aliphatic carbocycles. The summed E-state index contributed by atoms with van der Waals surface area (Å²) in [6.45, 7) is 1.38. The molecule has 0 bridgehead atoms. The van der Waals surface area contributed by atoms with Gasteiger partial charge in [0.2, 0.25) is 11.8 Å². The minimum absolute atomic E-state index is 0.0315. The second-order valence-corrected chi connectivity index (χ2v) is 10.3. The highest BCUT2D eigenvalue weighted by Gasteiger charge is 2.40. The first-order valence-electron chi connectivity index (χ1n) is 11.6. The maximum absolute atomic E-state index is 12.7. The number of carbonyl (C=O) groups excluding carboxylic acids is 3. The summed E-state index contributed by atoms with van der Waals surface area (Å²) in [5.41, 5.74) is 11.2. The van der Waals surface area contributed by atoms with Gasteiger partial charge in [-0.1, -0.05) is 11.6 Å². The fraction of sp³-hybridized carbons (Fsp3) is 0.364. The first-order valence-corrected chi connectivity index (χ1v) is 13.2. The van der Waals surface area contributed by atoms with Crippen molar-refractivity contribution in [2.24, 2.45) is 10.1 Å². The number of likely N-dealkylation sites (tertiary alicyclic amines) is 1. The summed E-state index contributed by atoms with van der Waals surface area (Å²) in [4.78, 5) is 51.7. The lowest BCUT2D eigenvalue weighted by molar-refractivity contribution is -0.134. The van der Waals surface area contributed by atoms with Gasteiger partial charge in [-0.2, -0.15) is 0 Å². The van der Waals surface area contributed by atoms with E-state index in [9.17, 15) is 18.6 Å². The minimum atomic E-state index is -1.59. The highest BCUT2D eigenvalue weighted by atomic mass is 35.5. The van der Waals surface area contributed by atoms with E-state index in [1.807, 2.05) is 0 Å². The molecule has 3 amide bonds. The van der Waals surface area contributed by atoms with Gasteiger partial charge < -0.3 is 27.0 Å². The number of piperidine rings is 1. The van der Waals surface area contributed by atoms with E-state index in [0.29, 0.717) is 43.1 Å². The molecule has 1 aromatic carbocycles. The Morgan fingerprint density at radius 2 is 1.74 bits per heavy atom. The first-order chi connectivity index (χ1) is 18.0. The van der Waals surface area contributed by atoms with E-state index in [0.717, 1.165) is 0 Å². The molecule has 1 aromatic heterocycles. The largest absolute Gasteiger partial charge is 0.382 e. The summed E-state index contributed by atoms with van der Waals surface area (Å²) < 4.78 is 11.2. The second kappa shape index (κ2) is 11.3. The predicted molar refractivity (Wildman–Crippen MR) is 142 cm³/mol. The molecule has 2 aliphatic heterocycles. The molecule has 0 radical (unpaired) electrons. The van der Waals surface area contributed by atoms with Crippen molar-refractivity contribution in [1.29, 1.82) is 0 Å². The molecule has 9 N–H and O–H groups in total. The van der Waals surface area contributed by atoms with Gasteiger partial charge in [-0.25, -0.2) is 19.3 Å². The van der Waals surface area contributed by atoms with Crippen LogP contribution in [0.4, 0.5) is 17.3 Å². The molecule has 0 saturated carbocycles. The molecule has 38 heavy (non-hydrogen) atoms. The molecule has 1 unspecified atom stereocenters. The van der Waals surface area contributed by atoms with Gasteiger partial charge in [-0.05, 0) is 37.1 Å². The van der Waals surface area contributed by atoms with Gasteiger partial charge in [0.05, 0.1) is 17.0 Å². The first kappa shape index (κ1) is 27.2. The van der Waals surface area contributed by atoms with Crippen LogP contribution in [-0.2, 0) is 20.6 Å². The molecule has 1 spiro atoms. The van der Waals surface area contributed by atoms with Crippen LogP contribution in [-0.4, -0.2) is 67.9 Å². The Kier molecular flexibility index (Phi) is 8.08. The van der Waals surface area contributed by atoms with Gasteiger partial charge in [0.25, 0.3) is 5.91 Å². The van der Waals surface area contributed by atoms with Crippen LogP contribution in [0.2, 0.25) is 5.15 Å². The van der Waals surface area contributed by atoms with Crippen molar-refractivity contribution in [3.8, 4) is 0 Å². The highest BCUT2D eigenvalue weighted by Crippen LogP contribution is 2.26. The molecule has 2 aliphatic rings. The number of guanidine groups is 1. The zero-order valence-electron chi connectivity index (χ0n) is 20.2. The molecule has 16 heteroatoms. The number of aliphatic imine (C=N–C) groups is 1. The van der Waals surface area contributed by atoms with Crippen LogP contribution < -0.4 is 32.6 Å². The fourth-order valence-electron chi connectivity index (χ4n) is 4.15. The number of benzene rings is 1. The summed E-state index contributed by atoms with van der Waals surface area (Å²) in [5.74, 6) is -1.00. The van der Waals surface area contributed by atoms with Crippen molar-refractivity contribution in [2.75, 3.05) is 36.4 Å². The zero-order chi connectivity index (χ0) is 27.4. The van der Waals surface area contributed by atoms with Crippen molar-refractivity contribution in [3.63, 3.8) is 0 Å². The Morgan fingerprint density at radius 1 is 1.05 bits per heavy atom. The number of nitrogen functional groups attached to an aromatic ring is 2. The Balaban J connectivity index is 1.21. The number of nitrogens with one attached hydrogen (secondary N) is 3. The average Bonchev–Trinajstić information content (AvgIpc) is 3.26. The zero-order valence-corrected chi connectivity index (χ0v) is 21.8. The number of hydrogen-bond acceptors (Lipinski definition) is 10. The number of rotatable bonds is 6. The summed E-state index contributed by atoms with van der Waals surface area (Å²) in [6, 6.07) is 6.33. The van der Waals surface area contributed by atoms with Crippen LogP contribution in [0.15, 0.2) is 34.2 Å². The van der Waals surface area contributed by atoms with Gasteiger partial charge in [-0.15, -0.1) is 0 Å². The number of aromatic nitrogens is 2. The summed E-state index contributed by atoms with van der Waals surface area (Å²) >= 11 is 5.85. The second-order valence-electron chi connectivity index (χ2n) is 8.91. The molecule has 1 saturated heterocycles. The van der Waals surface area contributed by atoms with Crippen LogP contribution in [0.3, 0.4) is 0 Å². The van der Waals surface area contributed by atoms with Gasteiger partial charge in [-0.3, -0.25) is 24.7 Å². The topological polar surface area (TPSA) is 224 Å². The quantitative estimate of drug-likeness (QED) is 0.272. The van der Waals surface area contributed by atoms with Crippen LogP contribution in [0.25, 0.3) is 0 Å². The molecule has 3 heterocycles. The Hall–Kier alpha value is -3.82. The molecule has 1 atom stereocenters. The van der Waals surface area contributed by atoms with Crippen molar-refractivity contribution < 1.29 is 18.6 Å². The molecule has 4 rings (SSSR count). The van der Waals surface area contributed by atoms with E-state index in [4.69, 9.17) is 28.2 Å². The Morgan fingerprint density at radius 3 is 2.39 bits per heavy atom. The smallest absolute Gasteiger partial charge is 0.280 e. The maximum atomic E-state index is 12.7. The number of nitrogens with two attached hydrogens (primary N) is 3. The number of hydrogen-bond donors (Lipinski definition) is 6. The van der Waals surface area contributed by atoms with Crippen LogP contribution >= 0.6 is 11.6 Å². The van der Waals surface area contributed by atoms with Crippen LogP contribution in [0, 0.1) is 0 Å². The summed E-state index contributed by atoms with van der Waals surface area (Å²) in [7, 11) is -1.59. The number of nitrogens with zero attached hydrogens (tertiary/aromatic N) is 4. The summed E-state index contributed by atoms with van der Waals surface area (Å²) in [6.07, 6.45) is 1.32. The lowest BCUT2D eigenvalue weighted by Crippen LogP contribution is -2.57.